The van der Waals surface area contributed by atoms with Crippen LogP contribution >= 0.6 is 32.9 Å². The predicted octanol–water partition coefficient (Wildman–Crippen LogP) is 3.82. The molecule has 0 fully saturated rings. The van der Waals surface area contributed by atoms with Crippen LogP contribution in [0.5, 0.6) is 0 Å². The number of thiophene rings is 1. The van der Waals surface area contributed by atoms with Gasteiger partial charge in [-0.15, -0.1) is 11.3 Å². The summed E-state index contributed by atoms with van der Waals surface area (Å²) in [6.45, 7) is 0.462. The fraction of sp³-hybridized carbons (Fsp3) is 0.200. The Balaban J connectivity index is 1.72. The zero-order chi connectivity index (χ0) is 16.5. The average Bonchev–Trinajstić information content (AvgIpc) is 3.05. The number of benzene rings is 1. The molecule has 2 aromatic rings. The van der Waals surface area contributed by atoms with Crippen molar-refractivity contribution in [2.75, 3.05) is 12.3 Å². The largest absolute Gasteiger partial charge is 0.410 e. The number of halogens is 1. The van der Waals surface area contributed by atoms with E-state index in [-0.39, 0.29) is 17.9 Å². The molecule has 23 heavy (non-hydrogen) atoms. The smallest absolute Gasteiger partial charge is 0.269 e. The van der Waals surface area contributed by atoms with Gasteiger partial charge in [0.25, 0.3) is 5.91 Å². The highest BCUT2D eigenvalue weighted by molar-refractivity contribution is 8.77. The fourth-order valence-electron chi connectivity index (χ4n) is 1.72. The molecule has 0 atom stereocenters. The molecule has 1 aromatic heterocycles. The second-order valence-electron chi connectivity index (χ2n) is 4.45. The molecule has 2 rings (SSSR count). The number of nitrogens with zero attached hydrogens (tertiary/aromatic N) is 1. The van der Waals surface area contributed by atoms with Gasteiger partial charge in [-0.05, 0) is 39.9 Å². The van der Waals surface area contributed by atoms with Gasteiger partial charge in [0.2, 0.25) is 0 Å². The third-order valence-electron chi connectivity index (χ3n) is 2.75. The Morgan fingerprint density at radius 1 is 1.35 bits per heavy atom. The van der Waals surface area contributed by atoms with Crippen molar-refractivity contribution in [1.29, 1.82) is 0 Å². The van der Waals surface area contributed by atoms with Crippen molar-refractivity contribution >= 4 is 44.5 Å². The first-order valence-electron chi connectivity index (χ1n) is 6.75. The number of nitrogens with one attached hydrogen (secondary N) is 1. The van der Waals surface area contributed by atoms with Crippen LogP contribution in [-0.4, -0.2) is 29.1 Å². The molecule has 0 radical (unpaired) electrons. The topological polar surface area (TPSA) is 61.7 Å². The van der Waals surface area contributed by atoms with Gasteiger partial charge in [0.05, 0.1) is 4.21 Å². The Hall–Kier alpha value is -1.51. The lowest BCUT2D eigenvalue weighted by Crippen LogP contribution is -2.33. The third kappa shape index (κ3) is 6.25. The Morgan fingerprint density at radius 3 is 2.91 bits per heavy atom. The van der Waals surface area contributed by atoms with Gasteiger partial charge in [0, 0.05) is 18.7 Å². The van der Waals surface area contributed by atoms with E-state index in [0.29, 0.717) is 12.1 Å². The molecule has 1 amide bonds. The van der Waals surface area contributed by atoms with Crippen LogP contribution in [0.25, 0.3) is 0 Å². The van der Waals surface area contributed by atoms with Gasteiger partial charge in [-0.1, -0.05) is 34.1 Å². The van der Waals surface area contributed by atoms with Crippen molar-refractivity contribution in [2.45, 2.75) is 10.6 Å². The molecule has 8 heteroatoms. The van der Waals surface area contributed by atoms with Crippen LogP contribution < -0.4 is 5.32 Å². The minimum absolute atomic E-state index is 0.0356. The van der Waals surface area contributed by atoms with E-state index >= 15 is 0 Å². The summed E-state index contributed by atoms with van der Waals surface area (Å²) in [5.41, 5.74) is 0.544. The van der Waals surface area contributed by atoms with Crippen molar-refractivity contribution in [3.63, 3.8) is 0 Å². The number of carbonyl (C=O) groups is 1. The van der Waals surface area contributed by atoms with Crippen LogP contribution in [0.2, 0.25) is 0 Å². The second-order valence-corrected chi connectivity index (χ2v) is 8.11. The Labute approximate surface area is 145 Å². The van der Waals surface area contributed by atoms with Crippen LogP contribution in [0.1, 0.15) is 5.56 Å². The molecule has 2 N–H and O–H groups in total. The van der Waals surface area contributed by atoms with Gasteiger partial charge in [-0.2, -0.15) is 0 Å². The lowest BCUT2D eigenvalue weighted by atomic mass is 10.1. The Morgan fingerprint density at radius 2 is 2.22 bits per heavy atom. The van der Waals surface area contributed by atoms with E-state index in [9.17, 15) is 9.18 Å². The van der Waals surface area contributed by atoms with E-state index in [1.165, 1.54) is 16.3 Å². The van der Waals surface area contributed by atoms with Crippen molar-refractivity contribution in [3.05, 3.63) is 53.2 Å². The van der Waals surface area contributed by atoms with Crippen LogP contribution in [0, 0.1) is 5.82 Å². The van der Waals surface area contributed by atoms with Gasteiger partial charge >= 0.3 is 0 Å². The number of hydrogen-bond acceptors (Lipinski definition) is 6. The van der Waals surface area contributed by atoms with E-state index in [1.807, 2.05) is 17.5 Å². The highest BCUT2D eigenvalue weighted by atomic mass is 33.1. The molecule has 1 heterocycles. The molecule has 122 valence electrons. The van der Waals surface area contributed by atoms with Gasteiger partial charge in [0.1, 0.15) is 11.5 Å². The van der Waals surface area contributed by atoms with E-state index in [0.717, 1.165) is 5.75 Å². The summed E-state index contributed by atoms with van der Waals surface area (Å²) in [7, 11) is 3.30. The monoisotopic (exact) mass is 370 g/mol. The van der Waals surface area contributed by atoms with Gasteiger partial charge in [0.15, 0.2) is 0 Å². The van der Waals surface area contributed by atoms with Gasteiger partial charge < -0.3 is 10.5 Å². The fourth-order valence-corrected chi connectivity index (χ4v) is 4.81. The molecular formula is C15H15FN2O2S3. The van der Waals surface area contributed by atoms with Crippen LogP contribution in [0.15, 0.2) is 51.1 Å². The van der Waals surface area contributed by atoms with E-state index < -0.39 is 5.91 Å². The minimum Gasteiger partial charge on any atom is -0.410 e. The van der Waals surface area contributed by atoms with Crippen molar-refractivity contribution < 1.29 is 14.4 Å². The normalized spacial score (nSPS) is 11.4. The summed E-state index contributed by atoms with van der Waals surface area (Å²) in [4.78, 5) is 11.9. The summed E-state index contributed by atoms with van der Waals surface area (Å²) in [6.07, 6.45) is 0.0805. The van der Waals surface area contributed by atoms with Crippen LogP contribution in [-0.2, 0) is 11.2 Å². The molecular weight excluding hydrogens is 355 g/mol. The summed E-state index contributed by atoms with van der Waals surface area (Å²) in [5.74, 6) is -0.104. The molecule has 0 aliphatic heterocycles. The highest BCUT2D eigenvalue weighted by Gasteiger charge is 2.13. The number of rotatable bonds is 8. The first-order valence-corrected chi connectivity index (χ1v) is 9.95. The van der Waals surface area contributed by atoms with E-state index in [2.05, 4.69) is 10.5 Å². The Bertz CT molecular complexity index is 663. The number of hydrogen-bond donors (Lipinski definition) is 2. The Kier molecular flexibility index (Phi) is 7.44. The summed E-state index contributed by atoms with van der Waals surface area (Å²) in [5, 5.41) is 16.7. The second kappa shape index (κ2) is 9.59. The molecule has 0 bridgehead atoms. The number of carbonyl (C=O) groups excluding carboxylic acids is 1. The molecule has 4 nitrogen and oxygen atoms in total. The average molecular weight is 370 g/mol. The lowest BCUT2D eigenvalue weighted by Gasteiger charge is -2.06. The number of amides is 1. The van der Waals surface area contributed by atoms with Gasteiger partial charge in [-0.3, -0.25) is 4.79 Å². The highest BCUT2D eigenvalue weighted by Crippen LogP contribution is 2.33. The molecule has 0 saturated heterocycles. The lowest BCUT2D eigenvalue weighted by molar-refractivity contribution is -0.114. The number of oxime groups is 1. The quantitative estimate of drug-likeness (QED) is 0.244. The van der Waals surface area contributed by atoms with Crippen molar-refractivity contribution in [3.8, 4) is 0 Å². The summed E-state index contributed by atoms with van der Waals surface area (Å²) < 4.78 is 14.3. The molecule has 0 saturated carbocycles. The maximum Gasteiger partial charge on any atom is 0.269 e. The molecule has 0 aliphatic rings. The molecule has 0 spiro atoms. The maximum atomic E-state index is 13.1. The predicted molar refractivity (Wildman–Crippen MR) is 95.0 cm³/mol. The molecule has 1 aromatic carbocycles. The first kappa shape index (κ1) is 17.8. The van der Waals surface area contributed by atoms with E-state index in [4.69, 9.17) is 5.21 Å². The standard InChI is InChI=1S/C15H15FN2O2S3/c16-12-4-1-3-11(9-12)10-13(18-20)15(19)17-6-8-22-23-14-5-2-7-21-14/h1-5,7,9,20H,6,8,10H2,(H,17,19)/b18-13+. The first-order chi connectivity index (χ1) is 11.2. The molecule has 0 aliphatic carbocycles. The summed E-state index contributed by atoms with van der Waals surface area (Å²) >= 11 is 1.67. The third-order valence-corrected chi connectivity index (χ3v) is 6.45. The minimum atomic E-state index is -0.446. The molecule has 0 unspecified atom stereocenters. The van der Waals surface area contributed by atoms with Crippen LogP contribution in [0.4, 0.5) is 4.39 Å². The van der Waals surface area contributed by atoms with Crippen LogP contribution in [0.3, 0.4) is 0 Å². The SMILES string of the molecule is O=C(NCCSSc1cccs1)/C(Cc1cccc(F)c1)=N/O. The zero-order valence-electron chi connectivity index (χ0n) is 12.1. The van der Waals surface area contributed by atoms with E-state index in [1.54, 1.807) is 45.1 Å². The maximum absolute atomic E-state index is 13.1. The van der Waals surface area contributed by atoms with Crippen molar-refractivity contribution in [1.82, 2.24) is 5.32 Å². The zero-order valence-corrected chi connectivity index (χ0v) is 14.5. The van der Waals surface area contributed by atoms with Crippen molar-refractivity contribution in [2.24, 2.45) is 5.16 Å². The van der Waals surface area contributed by atoms with Gasteiger partial charge in [-0.25, -0.2) is 4.39 Å². The summed E-state index contributed by atoms with van der Waals surface area (Å²) in [6, 6.07) is 9.89.